The van der Waals surface area contributed by atoms with E-state index in [4.69, 9.17) is 5.73 Å². The molecule has 0 radical (unpaired) electrons. The fraction of sp³-hybridized carbons (Fsp3) is 0.200. The van der Waals surface area contributed by atoms with E-state index < -0.39 is 22.5 Å². The Balaban J connectivity index is 2.26. The molecule has 0 aliphatic rings. The zero-order valence-electron chi connectivity index (χ0n) is 11.3. The van der Waals surface area contributed by atoms with Gasteiger partial charge in [0.05, 0.1) is 27.0 Å². The summed E-state index contributed by atoms with van der Waals surface area (Å²) in [5, 5.41) is 0. The lowest BCUT2D eigenvalue weighted by molar-refractivity contribution is -0.137. The maximum atomic E-state index is 12.6. The smallest absolute Gasteiger partial charge is 0.398 e. The van der Waals surface area contributed by atoms with Crippen molar-refractivity contribution in [1.82, 2.24) is 0 Å². The van der Waals surface area contributed by atoms with Gasteiger partial charge in [0.1, 0.15) is 0 Å². The molecule has 2 aromatic carbocycles. The van der Waals surface area contributed by atoms with E-state index in [0.717, 1.165) is 23.3 Å². The highest BCUT2D eigenvalue weighted by Gasteiger charge is 2.31. The Morgan fingerprint density at radius 3 is 2.38 bits per heavy atom. The highest BCUT2D eigenvalue weighted by Crippen LogP contribution is 2.32. The van der Waals surface area contributed by atoms with Crippen molar-refractivity contribution < 1.29 is 17.4 Å². The van der Waals surface area contributed by atoms with Crippen molar-refractivity contribution in [2.45, 2.75) is 23.7 Å². The summed E-state index contributed by atoms with van der Waals surface area (Å²) in [4.78, 5) is 0.228. The molecule has 2 rings (SSSR count). The van der Waals surface area contributed by atoms with Crippen molar-refractivity contribution in [3.8, 4) is 0 Å². The van der Waals surface area contributed by atoms with Gasteiger partial charge in [-0.1, -0.05) is 24.3 Å². The number of anilines is 1. The lowest BCUT2D eigenvalue weighted by Crippen LogP contribution is -2.08. The molecule has 6 heteroatoms. The van der Waals surface area contributed by atoms with Crippen molar-refractivity contribution in [2.24, 2.45) is 0 Å². The predicted molar refractivity (Wildman–Crippen MR) is 77.1 cm³/mol. The normalized spacial score (nSPS) is 13.1. The summed E-state index contributed by atoms with van der Waals surface area (Å²) in [6, 6.07) is 10.3. The summed E-state index contributed by atoms with van der Waals surface area (Å²) < 4.78 is 50.0. The number of benzene rings is 2. The molecule has 1 unspecified atom stereocenters. The number of alkyl halides is 3. The predicted octanol–water partition coefficient (Wildman–Crippen LogP) is 3.90. The third-order valence-corrected chi connectivity index (χ3v) is 4.57. The summed E-state index contributed by atoms with van der Waals surface area (Å²) >= 11 is 0. The number of halogens is 3. The van der Waals surface area contributed by atoms with Gasteiger partial charge in [-0.2, -0.15) is 13.2 Å². The standard InChI is InChI=1S/C15H14F3NOS/c1-10-4-2-3-5-11(10)9-21(20)14-7-6-12(8-13(14)19)15(16,17)18/h2-8H,9,19H2,1H3. The SMILES string of the molecule is Cc1ccccc1CS(=O)c1ccc(C(F)(F)F)cc1N. The molecule has 0 saturated heterocycles. The Bertz CT molecular complexity index is 683. The highest BCUT2D eigenvalue weighted by atomic mass is 32.2. The molecule has 2 nitrogen and oxygen atoms in total. The number of aryl methyl sites for hydroxylation is 1. The summed E-state index contributed by atoms with van der Waals surface area (Å²) in [7, 11) is -1.48. The molecule has 0 heterocycles. The van der Waals surface area contributed by atoms with Gasteiger partial charge in [0, 0.05) is 5.69 Å². The van der Waals surface area contributed by atoms with E-state index in [1.807, 2.05) is 31.2 Å². The van der Waals surface area contributed by atoms with Gasteiger partial charge in [-0.15, -0.1) is 0 Å². The number of hydrogen-bond acceptors (Lipinski definition) is 2. The lowest BCUT2D eigenvalue weighted by atomic mass is 10.1. The molecule has 0 aliphatic heterocycles. The van der Waals surface area contributed by atoms with Crippen LogP contribution >= 0.6 is 0 Å². The van der Waals surface area contributed by atoms with Gasteiger partial charge in [0.2, 0.25) is 0 Å². The number of nitrogens with two attached hydrogens (primary N) is 1. The second-order valence-electron chi connectivity index (χ2n) is 4.67. The van der Waals surface area contributed by atoms with Crippen molar-refractivity contribution in [3.63, 3.8) is 0 Å². The third kappa shape index (κ3) is 3.64. The topological polar surface area (TPSA) is 43.1 Å². The Morgan fingerprint density at radius 1 is 1.14 bits per heavy atom. The van der Waals surface area contributed by atoms with E-state index in [2.05, 4.69) is 0 Å². The Kier molecular flexibility index (Phi) is 4.37. The first kappa shape index (κ1) is 15.6. The zero-order chi connectivity index (χ0) is 15.6. The molecule has 1 atom stereocenters. The fourth-order valence-electron chi connectivity index (χ4n) is 1.92. The summed E-state index contributed by atoms with van der Waals surface area (Å²) in [5.74, 6) is 0.224. The molecule has 2 N–H and O–H groups in total. The van der Waals surface area contributed by atoms with Gasteiger partial charge in [-0.05, 0) is 36.2 Å². The summed E-state index contributed by atoms with van der Waals surface area (Å²) in [6.07, 6.45) is -4.45. The van der Waals surface area contributed by atoms with E-state index in [1.54, 1.807) is 0 Å². The van der Waals surface area contributed by atoms with Gasteiger partial charge in [-0.25, -0.2) is 0 Å². The van der Waals surface area contributed by atoms with E-state index in [9.17, 15) is 17.4 Å². The molecule has 0 aliphatic carbocycles. The first-order valence-electron chi connectivity index (χ1n) is 6.18. The van der Waals surface area contributed by atoms with Gasteiger partial charge in [-0.3, -0.25) is 4.21 Å². The first-order valence-corrected chi connectivity index (χ1v) is 7.50. The van der Waals surface area contributed by atoms with Crippen molar-refractivity contribution in [2.75, 3.05) is 5.73 Å². The average molecular weight is 313 g/mol. The Hall–Kier alpha value is -1.82. The average Bonchev–Trinajstić information content (AvgIpc) is 2.40. The molecule has 0 bridgehead atoms. The molecule has 0 aromatic heterocycles. The zero-order valence-corrected chi connectivity index (χ0v) is 12.1. The number of nitrogen functional groups attached to an aromatic ring is 1. The third-order valence-electron chi connectivity index (χ3n) is 3.13. The maximum Gasteiger partial charge on any atom is 0.416 e. The van der Waals surface area contributed by atoms with Crippen LogP contribution in [0.5, 0.6) is 0 Å². The van der Waals surface area contributed by atoms with Gasteiger partial charge in [0.25, 0.3) is 0 Å². The molecule has 0 fully saturated rings. The largest absolute Gasteiger partial charge is 0.416 e. The van der Waals surface area contributed by atoms with Crippen LogP contribution in [0.1, 0.15) is 16.7 Å². The van der Waals surface area contributed by atoms with Crippen LogP contribution in [0, 0.1) is 6.92 Å². The van der Waals surface area contributed by atoms with Crippen LogP contribution in [-0.2, 0) is 22.7 Å². The molecule has 2 aromatic rings. The van der Waals surface area contributed by atoms with Crippen LogP contribution in [0.4, 0.5) is 18.9 Å². The summed E-state index contributed by atoms with van der Waals surface area (Å²) in [6.45, 7) is 1.89. The van der Waals surface area contributed by atoms with E-state index in [-0.39, 0.29) is 16.3 Å². The lowest BCUT2D eigenvalue weighted by Gasteiger charge is -2.11. The Morgan fingerprint density at radius 2 is 1.81 bits per heavy atom. The van der Waals surface area contributed by atoms with Crippen molar-refractivity contribution in [1.29, 1.82) is 0 Å². The van der Waals surface area contributed by atoms with Crippen LogP contribution in [0.3, 0.4) is 0 Å². The van der Waals surface area contributed by atoms with Crippen molar-refractivity contribution in [3.05, 3.63) is 59.2 Å². The van der Waals surface area contributed by atoms with Gasteiger partial charge >= 0.3 is 6.18 Å². The van der Waals surface area contributed by atoms with E-state index >= 15 is 0 Å². The van der Waals surface area contributed by atoms with E-state index in [0.29, 0.717) is 0 Å². The second-order valence-corrected chi connectivity index (χ2v) is 6.09. The second kappa shape index (κ2) is 5.89. The van der Waals surface area contributed by atoms with Crippen LogP contribution < -0.4 is 5.73 Å². The summed E-state index contributed by atoms with van der Waals surface area (Å²) in [5.41, 5.74) is 6.55. The van der Waals surface area contributed by atoms with E-state index in [1.165, 1.54) is 6.07 Å². The van der Waals surface area contributed by atoms with Crippen LogP contribution in [0.15, 0.2) is 47.4 Å². The fourth-order valence-corrected chi connectivity index (χ4v) is 3.23. The molecular weight excluding hydrogens is 299 g/mol. The molecule has 0 saturated carbocycles. The molecule has 0 amide bonds. The first-order chi connectivity index (χ1) is 9.79. The van der Waals surface area contributed by atoms with Gasteiger partial charge in [0.15, 0.2) is 0 Å². The van der Waals surface area contributed by atoms with Crippen LogP contribution in [-0.4, -0.2) is 4.21 Å². The minimum Gasteiger partial charge on any atom is -0.398 e. The number of hydrogen-bond donors (Lipinski definition) is 1. The van der Waals surface area contributed by atoms with Crippen LogP contribution in [0.25, 0.3) is 0 Å². The molecule has 112 valence electrons. The minimum absolute atomic E-state index is 0.100. The molecule has 21 heavy (non-hydrogen) atoms. The highest BCUT2D eigenvalue weighted by molar-refractivity contribution is 7.84. The monoisotopic (exact) mass is 313 g/mol. The van der Waals surface area contributed by atoms with Gasteiger partial charge < -0.3 is 5.73 Å². The number of rotatable bonds is 3. The van der Waals surface area contributed by atoms with Crippen LogP contribution in [0.2, 0.25) is 0 Å². The van der Waals surface area contributed by atoms with Crippen molar-refractivity contribution >= 4 is 16.5 Å². The molecular formula is C15H14F3NOS. The maximum absolute atomic E-state index is 12.6. The minimum atomic E-state index is -4.45. The quantitative estimate of drug-likeness (QED) is 0.873. The Labute approximate surface area is 123 Å². The molecule has 0 spiro atoms.